The van der Waals surface area contributed by atoms with Gasteiger partial charge in [-0.2, -0.15) is 4.31 Å². The summed E-state index contributed by atoms with van der Waals surface area (Å²) >= 11 is 0. The molecule has 26 heavy (non-hydrogen) atoms. The van der Waals surface area contributed by atoms with Gasteiger partial charge in [0.1, 0.15) is 12.1 Å². The fourth-order valence-electron chi connectivity index (χ4n) is 3.19. The van der Waals surface area contributed by atoms with Crippen molar-refractivity contribution in [2.24, 2.45) is 0 Å². The molecule has 2 fully saturated rings. The second kappa shape index (κ2) is 7.04. The van der Waals surface area contributed by atoms with Gasteiger partial charge in [0.2, 0.25) is 15.9 Å². The number of nitrogens with one attached hydrogen (secondary N) is 1. The van der Waals surface area contributed by atoms with E-state index in [0.717, 1.165) is 9.21 Å². The molecule has 0 spiro atoms. The van der Waals surface area contributed by atoms with E-state index in [1.165, 1.54) is 19.2 Å². The van der Waals surface area contributed by atoms with Crippen molar-refractivity contribution in [3.05, 3.63) is 30.3 Å². The van der Waals surface area contributed by atoms with E-state index >= 15 is 0 Å². The molecule has 0 aromatic heterocycles. The van der Waals surface area contributed by atoms with Gasteiger partial charge in [0.25, 0.3) is 0 Å². The first-order valence-electron chi connectivity index (χ1n) is 8.13. The maximum absolute atomic E-state index is 12.8. The zero-order valence-electron chi connectivity index (χ0n) is 14.1. The lowest BCUT2D eigenvalue weighted by atomic mass is 10.2. The van der Waals surface area contributed by atoms with E-state index in [2.05, 4.69) is 10.1 Å². The van der Waals surface area contributed by atoms with Gasteiger partial charge in [-0.1, -0.05) is 18.2 Å². The van der Waals surface area contributed by atoms with E-state index in [4.69, 9.17) is 0 Å². The van der Waals surface area contributed by atoms with Crippen LogP contribution >= 0.6 is 0 Å². The van der Waals surface area contributed by atoms with Crippen LogP contribution in [0.25, 0.3) is 0 Å². The first-order valence-corrected chi connectivity index (χ1v) is 9.57. The smallest absolute Gasteiger partial charge is 0.330 e. The van der Waals surface area contributed by atoms with Gasteiger partial charge in [0, 0.05) is 6.54 Å². The fraction of sp³-hybridized carbons (Fsp3) is 0.438. The van der Waals surface area contributed by atoms with Crippen LogP contribution in [0.15, 0.2) is 35.2 Å². The van der Waals surface area contributed by atoms with Crippen LogP contribution in [0.4, 0.5) is 4.79 Å². The number of urea groups is 1. The molecule has 0 bridgehead atoms. The second-order valence-corrected chi connectivity index (χ2v) is 7.95. The van der Waals surface area contributed by atoms with Gasteiger partial charge >= 0.3 is 12.0 Å². The summed E-state index contributed by atoms with van der Waals surface area (Å²) in [5.74, 6) is -1.29. The molecule has 0 unspecified atom stereocenters. The largest absolute Gasteiger partial charge is 0.467 e. The summed E-state index contributed by atoms with van der Waals surface area (Å²) in [5.41, 5.74) is 0. The lowest BCUT2D eigenvalue weighted by molar-refractivity contribution is -0.142. The minimum atomic E-state index is -3.85. The average molecular weight is 381 g/mol. The fourth-order valence-corrected chi connectivity index (χ4v) is 4.86. The Morgan fingerprint density at radius 3 is 2.58 bits per heavy atom. The summed E-state index contributed by atoms with van der Waals surface area (Å²) in [6.45, 7) is 0.0174. The number of hydrogen-bond donors (Lipinski definition) is 1. The van der Waals surface area contributed by atoms with Crippen molar-refractivity contribution in [3.63, 3.8) is 0 Å². The number of esters is 1. The van der Waals surface area contributed by atoms with Crippen molar-refractivity contribution in [2.45, 2.75) is 29.8 Å². The summed E-state index contributed by atoms with van der Waals surface area (Å²) in [6, 6.07) is 5.20. The number of amides is 3. The average Bonchev–Trinajstić information content (AvgIpc) is 3.28. The monoisotopic (exact) mass is 381 g/mol. The summed E-state index contributed by atoms with van der Waals surface area (Å²) in [5, 5.41) is 2.37. The molecule has 140 valence electrons. The highest BCUT2D eigenvalue weighted by atomic mass is 32.2. The van der Waals surface area contributed by atoms with Gasteiger partial charge in [-0.25, -0.2) is 18.0 Å². The van der Waals surface area contributed by atoms with E-state index < -0.39 is 40.0 Å². The summed E-state index contributed by atoms with van der Waals surface area (Å²) in [7, 11) is -2.67. The lowest BCUT2D eigenvalue weighted by Gasteiger charge is -2.25. The Morgan fingerprint density at radius 2 is 1.92 bits per heavy atom. The maximum atomic E-state index is 12.8. The topological polar surface area (TPSA) is 113 Å². The number of carbonyl (C=O) groups excluding carboxylic acids is 3. The number of imide groups is 1. The predicted octanol–water partition coefficient (Wildman–Crippen LogP) is -0.0669. The van der Waals surface area contributed by atoms with Crippen molar-refractivity contribution in [3.8, 4) is 0 Å². The van der Waals surface area contributed by atoms with Crippen LogP contribution in [0, 0.1) is 0 Å². The third-order valence-corrected chi connectivity index (χ3v) is 6.42. The molecule has 2 saturated heterocycles. The predicted molar refractivity (Wildman–Crippen MR) is 89.4 cm³/mol. The van der Waals surface area contributed by atoms with Gasteiger partial charge in [-0.3, -0.25) is 9.69 Å². The quantitative estimate of drug-likeness (QED) is 0.731. The van der Waals surface area contributed by atoms with Crippen LogP contribution in [-0.2, 0) is 24.3 Å². The standard InChI is InChI=1S/C16H19N3O6S/c1-25-15(21)12-10-18(16(22)17-12)14(20)13-8-5-9-19(13)26(23,24)11-6-3-2-4-7-11/h2-4,6-7,12-13H,5,8-10H2,1H3,(H,17,22)/t12-,13+/m0/s1. The van der Waals surface area contributed by atoms with Crippen molar-refractivity contribution >= 4 is 27.9 Å². The third kappa shape index (κ3) is 3.17. The molecule has 0 radical (unpaired) electrons. The number of ether oxygens (including phenoxy) is 1. The molecule has 0 saturated carbocycles. The Labute approximate surface area is 150 Å². The number of rotatable bonds is 4. The van der Waals surface area contributed by atoms with Gasteiger partial charge in [-0.05, 0) is 25.0 Å². The molecule has 1 aromatic rings. The van der Waals surface area contributed by atoms with Crippen LogP contribution in [0.5, 0.6) is 0 Å². The highest BCUT2D eigenvalue weighted by molar-refractivity contribution is 7.89. The summed E-state index contributed by atoms with van der Waals surface area (Å²) in [4.78, 5) is 37.4. The molecular formula is C16H19N3O6S. The molecule has 2 aliphatic heterocycles. The number of hydrogen-bond acceptors (Lipinski definition) is 6. The molecule has 2 heterocycles. The van der Waals surface area contributed by atoms with Gasteiger partial charge in [0.15, 0.2) is 0 Å². The lowest BCUT2D eigenvalue weighted by Crippen LogP contribution is -2.48. The first-order chi connectivity index (χ1) is 12.4. The number of methoxy groups -OCH3 is 1. The third-order valence-electron chi connectivity index (χ3n) is 4.50. The molecule has 2 atom stereocenters. The number of sulfonamides is 1. The normalized spacial score (nSPS) is 23.7. The summed E-state index contributed by atoms with van der Waals surface area (Å²) < 4.78 is 31.4. The number of carbonyl (C=O) groups is 3. The Kier molecular flexibility index (Phi) is 4.97. The molecular weight excluding hydrogens is 362 g/mol. The van der Waals surface area contributed by atoms with Crippen LogP contribution in [0.1, 0.15) is 12.8 Å². The first kappa shape index (κ1) is 18.3. The molecule has 3 rings (SSSR count). The molecule has 1 aromatic carbocycles. The van der Waals surface area contributed by atoms with E-state index in [0.29, 0.717) is 12.8 Å². The van der Waals surface area contributed by atoms with Crippen molar-refractivity contribution < 1.29 is 27.5 Å². The van der Waals surface area contributed by atoms with Crippen molar-refractivity contribution in [1.82, 2.24) is 14.5 Å². The SMILES string of the molecule is COC(=O)[C@@H]1CN(C(=O)[C@H]2CCCN2S(=O)(=O)c2ccccc2)C(=O)N1. The maximum Gasteiger partial charge on any atom is 0.330 e. The van der Waals surface area contributed by atoms with Gasteiger partial charge in [-0.15, -0.1) is 0 Å². The Morgan fingerprint density at radius 1 is 1.23 bits per heavy atom. The van der Waals surface area contributed by atoms with Crippen molar-refractivity contribution in [1.29, 1.82) is 0 Å². The van der Waals surface area contributed by atoms with Gasteiger partial charge in [0.05, 0.1) is 18.6 Å². The minimum Gasteiger partial charge on any atom is -0.467 e. The van der Waals surface area contributed by atoms with Crippen molar-refractivity contribution in [2.75, 3.05) is 20.2 Å². The van der Waals surface area contributed by atoms with Crippen LogP contribution in [0.2, 0.25) is 0 Å². The molecule has 1 N–H and O–H groups in total. The number of benzene rings is 1. The molecule has 2 aliphatic rings. The van der Waals surface area contributed by atoms with E-state index in [1.54, 1.807) is 18.2 Å². The van der Waals surface area contributed by atoms with Gasteiger partial charge < -0.3 is 10.1 Å². The summed E-state index contributed by atoms with van der Waals surface area (Å²) in [6.07, 6.45) is 0.829. The molecule has 9 nitrogen and oxygen atoms in total. The van der Waals surface area contributed by atoms with Crippen LogP contribution in [0.3, 0.4) is 0 Å². The number of nitrogens with zero attached hydrogens (tertiary/aromatic N) is 2. The van der Waals surface area contributed by atoms with E-state index in [-0.39, 0.29) is 18.0 Å². The van der Waals surface area contributed by atoms with E-state index in [1.807, 2.05) is 0 Å². The molecule has 3 amide bonds. The Hall–Kier alpha value is -2.46. The highest BCUT2D eigenvalue weighted by Gasteiger charge is 2.46. The zero-order valence-corrected chi connectivity index (χ0v) is 14.9. The molecule has 0 aliphatic carbocycles. The van der Waals surface area contributed by atoms with Crippen LogP contribution < -0.4 is 5.32 Å². The highest BCUT2D eigenvalue weighted by Crippen LogP contribution is 2.27. The van der Waals surface area contributed by atoms with Crippen LogP contribution in [-0.4, -0.2) is 67.8 Å². The zero-order chi connectivity index (χ0) is 18.9. The Bertz CT molecular complexity index is 826. The minimum absolute atomic E-state index is 0.0954. The molecule has 10 heteroatoms. The van der Waals surface area contributed by atoms with E-state index in [9.17, 15) is 22.8 Å². The Balaban J connectivity index is 1.81. The second-order valence-electron chi connectivity index (χ2n) is 6.06.